The van der Waals surface area contributed by atoms with Crippen LogP contribution in [0.2, 0.25) is 0 Å². The third kappa shape index (κ3) is 3.67. The van der Waals surface area contributed by atoms with Crippen molar-refractivity contribution in [1.29, 1.82) is 0 Å². The number of nitrogens with zero attached hydrogens (tertiary/aromatic N) is 2. The zero-order chi connectivity index (χ0) is 22.9. The van der Waals surface area contributed by atoms with Gasteiger partial charge in [0.2, 0.25) is 0 Å². The van der Waals surface area contributed by atoms with E-state index in [9.17, 15) is 9.90 Å². The van der Waals surface area contributed by atoms with Gasteiger partial charge in [-0.2, -0.15) is 0 Å². The topological polar surface area (TPSA) is 82.8 Å². The first-order valence-electron chi connectivity index (χ1n) is 10.4. The van der Waals surface area contributed by atoms with Crippen LogP contribution in [0, 0.1) is 0 Å². The molecule has 0 radical (unpaired) electrons. The minimum Gasteiger partial charge on any atom is -0.493 e. The van der Waals surface area contributed by atoms with E-state index in [2.05, 4.69) is 11.1 Å². The lowest BCUT2D eigenvalue weighted by molar-refractivity contribution is 0.0697. The van der Waals surface area contributed by atoms with Crippen LogP contribution < -0.4 is 14.2 Å². The number of methoxy groups -OCH3 is 2. The van der Waals surface area contributed by atoms with Crippen molar-refractivity contribution in [3.63, 3.8) is 0 Å². The smallest absolute Gasteiger partial charge is 0.335 e. The maximum absolute atomic E-state index is 11.6. The second-order valence-corrected chi connectivity index (χ2v) is 7.67. The Morgan fingerprint density at radius 3 is 2.67 bits per heavy atom. The number of aromatic nitrogens is 2. The molecule has 1 aliphatic rings. The molecule has 0 spiro atoms. The van der Waals surface area contributed by atoms with Crippen LogP contribution in [0.15, 0.2) is 67.0 Å². The summed E-state index contributed by atoms with van der Waals surface area (Å²) in [5.41, 5.74) is 5.65. The average molecular weight is 442 g/mol. The van der Waals surface area contributed by atoms with Gasteiger partial charge in [0.1, 0.15) is 12.4 Å². The van der Waals surface area contributed by atoms with Crippen LogP contribution in [0.5, 0.6) is 17.2 Å². The number of carbonyl (C=O) groups is 1. The van der Waals surface area contributed by atoms with Crippen LogP contribution >= 0.6 is 0 Å². The maximum atomic E-state index is 11.6. The van der Waals surface area contributed by atoms with Crippen molar-refractivity contribution in [1.82, 2.24) is 9.55 Å². The standard InChI is InChI=1S/C26H22N2O5/c1-31-24-12-21-22(13-25(24)32-2)28(15-27-21)10-9-19-18-6-4-3-5-17(18)14-33-23-8-7-16(26(29)30)11-20(19)23/h3-9,11-13,15H,10,14H2,1-2H3,(H,29,30). The van der Waals surface area contributed by atoms with Gasteiger partial charge in [-0.3, -0.25) is 0 Å². The number of carboxylic acid groups (broad SMARTS) is 1. The number of rotatable bonds is 5. The molecular weight excluding hydrogens is 420 g/mol. The van der Waals surface area contributed by atoms with E-state index in [-0.39, 0.29) is 5.56 Å². The van der Waals surface area contributed by atoms with Crippen molar-refractivity contribution in [2.75, 3.05) is 14.2 Å². The van der Waals surface area contributed by atoms with Gasteiger partial charge < -0.3 is 23.9 Å². The van der Waals surface area contributed by atoms with Gasteiger partial charge in [0.05, 0.1) is 37.1 Å². The number of aromatic carboxylic acids is 1. The highest BCUT2D eigenvalue weighted by Crippen LogP contribution is 2.38. The molecule has 1 N–H and O–H groups in total. The number of fused-ring (bicyclic) bond motifs is 3. The molecule has 0 unspecified atom stereocenters. The number of carboxylic acids is 1. The molecule has 3 aromatic carbocycles. The molecule has 166 valence electrons. The molecule has 7 nitrogen and oxygen atoms in total. The highest BCUT2D eigenvalue weighted by Gasteiger charge is 2.21. The van der Waals surface area contributed by atoms with Crippen LogP contribution in [-0.2, 0) is 13.2 Å². The Labute approximate surface area is 190 Å². The highest BCUT2D eigenvalue weighted by atomic mass is 16.5. The summed E-state index contributed by atoms with van der Waals surface area (Å²) in [6.45, 7) is 0.935. The number of imidazole rings is 1. The lowest BCUT2D eigenvalue weighted by Crippen LogP contribution is -2.00. The number of hydrogen-bond acceptors (Lipinski definition) is 5. The van der Waals surface area contributed by atoms with Gasteiger partial charge in [-0.1, -0.05) is 30.3 Å². The average Bonchev–Trinajstić information content (AvgIpc) is 3.16. The van der Waals surface area contributed by atoms with Crippen LogP contribution in [0.25, 0.3) is 16.6 Å². The summed E-state index contributed by atoms with van der Waals surface area (Å²) in [6, 6.07) is 16.7. The van der Waals surface area contributed by atoms with Crippen LogP contribution in [0.4, 0.5) is 0 Å². The van der Waals surface area contributed by atoms with E-state index in [0.29, 0.717) is 30.4 Å². The van der Waals surface area contributed by atoms with Crippen LogP contribution in [0.3, 0.4) is 0 Å². The molecule has 2 heterocycles. The third-order valence-corrected chi connectivity index (χ3v) is 5.83. The molecule has 0 atom stereocenters. The quantitative estimate of drug-likeness (QED) is 0.479. The lowest BCUT2D eigenvalue weighted by Gasteiger charge is -2.12. The van der Waals surface area contributed by atoms with Crippen LogP contribution in [0.1, 0.15) is 27.0 Å². The zero-order valence-corrected chi connectivity index (χ0v) is 18.2. The minimum absolute atomic E-state index is 0.215. The summed E-state index contributed by atoms with van der Waals surface area (Å²) in [6.07, 6.45) is 3.85. The number of ether oxygens (including phenoxy) is 3. The van der Waals surface area contributed by atoms with Crippen molar-refractivity contribution in [3.05, 3.63) is 89.3 Å². The van der Waals surface area contributed by atoms with Gasteiger partial charge in [0.15, 0.2) is 11.5 Å². The number of allylic oxidation sites excluding steroid dienone is 1. The van der Waals surface area contributed by atoms with E-state index in [1.807, 2.05) is 41.0 Å². The fourth-order valence-electron chi connectivity index (χ4n) is 4.15. The van der Waals surface area contributed by atoms with Crippen molar-refractivity contribution < 1.29 is 24.1 Å². The molecule has 0 fully saturated rings. The van der Waals surface area contributed by atoms with E-state index < -0.39 is 5.97 Å². The molecule has 5 rings (SSSR count). The Bertz CT molecular complexity index is 1400. The van der Waals surface area contributed by atoms with Gasteiger partial charge in [0, 0.05) is 24.2 Å². The van der Waals surface area contributed by atoms with Gasteiger partial charge in [-0.15, -0.1) is 0 Å². The zero-order valence-electron chi connectivity index (χ0n) is 18.2. The van der Waals surface area contributed by atoms with Gasteiger partial charge in [0.25, 0.3) is 0 Å². The molecule has 0 amide bonds. The molecular formula is C26H22N2O5. The van der Waals surface area contributed by atoms with Gasteiger partial charge >= 0.3 is 5.97 Å². The molecule has 0 bridgehead atoms. The van der Waals surface area contributed by atoms with Crippen LogP contribution in [-0.4, -0.2) is 34.8 Å². The molecule has 0 saturated carbocycles. The first-order valence-corrected chi connectivity index (χ1v) is 10.4. The lowest BCUT2D eigenvalue weighted by atomic mass is 9.93. The summed E-state index contributed by atoms with van der Waals surface area (Å²) < 4.78 is 18.9. The maximum Gasteiger partial charge on any atom is 0.335 e. The minimum atomic E-state index is -0.976. The molecule has 1 aromatic heterocycles. The molecule has 33 heavy (non-hydrogen) atoms. The van der Waals surface area contributed by atoms with Crippen molar-refractivity contribution in [2.24, 2.45) is 0 Å². The first kappa shape index (κ1) is 20.6. The van der Waals surface area contributed by atoms with E-state index in [4.69, 9.17) is 14.2 Å². The molecule has 0 saturated heterocycles. The second kappa shape index (κ2) is 8.35. The summed E-state index contributed by atoms with van der Waals surface area (Å²) in [5.74, 6) is 0.934. The largest absolute Gasteiger partial charge is 0.493 e. The van der Waals surface area contributed by atoms with Crippen molar-refractivity contribution in [2.45, 2.75) is 13.2 Å². The summed E-state index contributed by atoms with van der Waals surface area (Å²) in [4.78, 5) is 16.1. The SMILES string of the molecule is COc1cc2ncn(CC=C3c4ccccc4COc4ccc(C(=O)O)cc43)c2cc1OC. The fourth-order valence-corrected chi connectivity index (χ4v) is 4.15. The Morgan fingerprint density at radius 2 is 1.88 bits per heavy atom. The number of hydrogen-bond donors (Lipinski definition) is 1. The molecule has 0 aliphatic carbocycles. The van der Waals surface area contributed by atoms with E-state index in [1.54, 1.807) is 38.7 Å². The highest BCUT2D eigenvalue weighted by molar-refractivity contribution is 5.92. The monoisotopic (exact) mass is 442 g/mol. The Kier molecular flexibility index (Phi) is 5.22. The Morgan fingerprint density at radius 1 is 1.09 bits per heavy atom. The van der Waals surface area contributed by atoms with Gasteiger partial charge in [-0.05, 0) is 34.9 Å². The normalized spacial score (nSPS) is 13.7. The summed E-state index contributed by atoms with van der Waals surface area (Å²) in [5, 5.41) is 9.53. The third-order valence-electron chi connectivity index (χ3n) is 5.83. The first-order chi connectivity index (χ1) is 16.1. The Hall–Kier alpha value is -4.26. The molecule has 7 heteroatoms. The van der Waals surface area contributed by atoms with E-state index in [1.165, 1.54) is 0 Å². The van der Waals surface area contributed by atoms with E-state index in [0.717, 1.165) is 33.3 Å². The second-order valence-electron chi connectivity index (χ2n) is 7.67. The fraction of sp³-hybridized carbons (Fsp3) is 0.154. The molecule has 1 aliphatic heterocycles. The van der Waals surface area contributed by atoms with E-state index >= 15 is 0 Å². The predicted octanol–water partition coefficient (Wildman–Crippen LogP) is 4.78. The summed E-state index contributed by atoms with van der Waals surface area (Å²) >= 11 is 0. The molecule has 4 aromatic rings. The predicted molar refractivity (Wildman–Crippen MR) is 124 cm³/mol. The van der Waals surface area contributed by atoms with Gasteiger partial charge in [-0.25, -0.2) is 9.78 Å². The van der Waals surface area contributed by atoms with Crippen molar-refractivity contribution in [3.8, 4) is 17.2 Å². The summed E-state index contributed by atoms with van der Waals surface area (Å²) in [7, 11) is 3.20. The van der Waals surface area contributed by atoms with Crippen molar-refractivity contribution >= 4 is 22.6 Å². The Balaban J connectivity index is 1.64. The number of benzene rings is 3.